The van der Waals surface area contributed by atoms with Crippen molar-refractivity contribution in [2.24, 2.45) is 0 Å². The summed E-state index contributed by atoms with van der Waals surface area (Å²) in [5, 5.41) is 3.81. The molecule has 2 aromatic rings. The highest BCUT2D eigenvalue weighted by Crippen LogP contribution is 2.50. The number of hydrazine groups is 1. The van der Waals surface area contributed by atoms with Crippen molar-refractivity contribution in [2.45, 2.75) is 25.2 Å². The monoisotopic (exact) mass is 411 g/mol. The van der Waals surface area contributed by atoms with Crippen LogP contribution < -0.4 is 16.2 Å². The number of thiocarbonyl (C=S) groups is 1. The van der Waals surface area contributed by atoms with Gasteiger partial charge in [0.15, 0.2) is 16.4 Å². The van der Waals surface area contributed by atoms with E-state index in [2.05, 4.69) is 16.2 Å². The number of ketones is 1. The summed E-state index contributed by atoms with van der Waals surface area (Å²) in [4.78, 5) is 25.9. The highest BCUT2D eigenvalue weighted by molar-refractivity contribution is 7.80. The number of benzene rings is 2. The van der Waals surface area contributed by atoms with Gasteiger partial charge in [0.1, 0.15) is 5.78 Å². The van der Waals surface area contributed by atoms with Gasteiger partial charge in [-0.15, -0.1) is 0 Å². The Kier molecular flexibility index (Phi) is 5.59. The Morgan fingerprint density at radius 2 is 1.28 bits per heavy atom. The topological polar surface area (TPSA) is 76.7 Å². The van der Waals surface area contributed by atoms with E-state index in [1.807, 2.05) is 60.7 Å². The highest BCUT2D eigenvalue weighted by atomic mass is 32.1. The second-order valence-electron chi connectivity index (χ2n) is 7.17. The first-order valence-corrected chi connectivity index (χ1v) is 9.63. The molecule has 2 atom stereocenters. The largest absolute Gasteiger partial charge is 0.332 e. The Labute approximate surface area is 176 Å². The predicted octanol–water partition coefficient (Wildman–Crippen LogP) is 2.27. The van der Waals surface area contributed by atoms with Crippen LogP contribution in [-0.4, -0.2) is 40.8 Å². The molecule has 0 spiro atoms. The van der Waals surface area contributed by atoms with Gasteiger partial charge in [0.25, 0.3) is 0 Å². The summed E-state index contributed by atoms with van der Waals surface area (Å²) in [6.07, 6.45) is 0. The van der Waals surface area contributed by atoms with Crippen LogP contribution in [0.15, 0.2) is 60.7 Å². The third-order valence-corrected chi connectivity index (χ3v) is 5.34. The van der Waals surface area contributed by atoms with Gasteiger partial charge in [0, 0.05) is 19.7 Å². The molecular formula is C21H25N5O2S. The quantitative estimate of drug-likeness (QED) is 0.658. The number of hydrogen-bond acceptors (Lipinski definition) is 4. The number of urea groups is 1. The van der Waals surface area contributed by atoms with Crippen molar-refractivity contribution in [1.82, 2.24) is 26.0 Å². The third-order valence-electron chi connectivity index (χ3n) is 5.14. The number of likely N-dealkylation sites (N-methyl/N-ethyl adjacent to an activating group) is 2. The summed E-state index contributed by atoms with van der Waals surface area (Å²) >= 11 is 5.39. The van der Waals surface area contributed by atoms with Crippen LogP contribution in [0.2, 0.25) is 0 Å². The Balaban J connectivity index is 0.000000552. The van der Waals surface area contributed by atoms with E-state index < -0.39 is 11.3 Å². The van der Waals surface area contributed by atoms with Gasteiger partial charge in [-0.3, -0.25) is 15.2 Å². The number of carbonyl (C=O) groups excluding carboxylic acids is 2. The van der Waals surface area contributed by atoms with Crippen molar-refractivity contribution >= 4 is 29.1 Å². The fourth-order valence-corrected chi connectivity index (χ4v) is 4.20. The lowest BCUT2D eigenvalue weighted by molar-refractivity contribution is -0.114. The number of fused-ring (bicyclic) bond motifs is 1. The molecule has 2 aromatic carbocycles. The van der Waals surface area contributed by atoms with Crippen LogP contribution in [0.1, 0.15) is 25.0 Å². The lowest BCUT2D eigenvalue weighted by Crippen LogP contribution is -2.79. The standard InChI is InChI=1S/C18H19N5OS.C3H6O/c1-22-16(24)23(2)18(14-11-7-4-8-12-14)17(22,19-15(25)20-21-18)13-9-5-3-6-10-13;1-3(2)4/h3-12,21H,1-2H3,(H2,19,20,25);1-2H3. The zero-order valence-corrected chi connectivity index (χ0v) is 17.7. The van der Waals surface area contributed by atoms with Crippen LogP contribution in [-0.2, 0) is 16.1 Å². The smallest absolute Gasteiger partial charge is 0.323 e. The first-order valence-electron chi connectivity index (χ1n) is 9.22. The summed E-state index contributed by atoms with van der Waals surface area (Å²) in [7, 11) is 3.58. The van der Waals surface area contributed by atoms with E-state index in [4.69, 9.17) is 12.2 Å². The summed E-state index contributed by atoms with van der Waals surface area (Å²) < 4.78 is 0. The van der Waals surface area contributed by atoms with Crippen molar-refractivity contribution in [1.29, 1.82) is 0 Å². The molecule has 3 N–H and O–H groups in total. The average Bonchev–Trinajstić information content (AvgIpc) is 2.89. The number of rotatable bonds is 2. The third kappa shape index (κ3) is 3.14. The molecule has 0 radical (unpaired) electrons. The Morgan fingerprint density at radius 1 is 0.862 bits per heavy atom. The molecule has 0 aliphatic carbocycles. The second-order valence-corrected chi connectivity index (χ2v) is 7.57. The van der Waals surface area contributed by atoms with Crippen LogP contribution in [0.5, 0.6) is 0 Å². The van der Waals surface area contributed by atoms with Crippen LogP contribution >= 0.6 is 12.2 Å². The van der Waals surface area contributed by atoms with E-state index in [0.717, 1.165) is 11.1 Å². The average molecular weight is 412 g/mol. The maximum absolute atomic E-state index is 13.0. The molecule has 8 heteroatoms. The summed E-state index contributed by atoms with van der Waals surface area (Å²) in [5.41, 5.74) is 6.43. The summed E-state index contributed by atoms with van der Waals surface area (Å²) in [5.74, 6) is 0.167. The van der Waals surface area contributed by atoms with Gasteiger partial charge in [0.05, 0.1) is 0 Å². The van der Waals surface area contributed by atoms with Gasteiger partial charge >= 0.3 is 6.03 Å². The van der Waals surface area contributed by atoms with E-state index in [1.54, 1.807) is 23.9 Å². The second kappa shape index (κ2) is 7.81. The van der Waals surface area contributed by atoms with Gasteiger partial charge in [-0.2, -0.15) is 0 Å². The molecular weight excluding hydrogens is 386 g/mol. The summed E-state index contributed by atoms with van der Waals surface area (Å²) in [6.45, 7) is 3.06. The van der Waals surface area contributed by atoms with Crippen LogP contribution in [0.3, 0.4) is 0 Å². The molecule has 29 heavy (non-hydrogen) atoms. The fraction of sp³-hybridized carbons (Fsp3) is 0.286. The lowest BCUT2D eigenvalue weighted by Gasteiger charge is -2.53. The molecule has 2 aliphatic rings. The van der Waals surface area contributed by atoms with Crippen molar-refractivity contribution in [3.05, 3.63) is 71.8 Å². The first-order chi connectivity index (χ1) is 13.8. The SMILES string of the molecule is CC(C)=O.CN1C(=O)N(C)C2(c3ccccc3)NC(=S)NNC12c1ccccc1. The number of hydrogen-bond donors (Lipinski definition) is 3. The highest BCUT2D eigenvalue weighted by Gasteiger charge is 2.69. The zero-order valence-electron chi connectivity index (χ0n) is 16.9. The maximum atomic E-state index is 13.0. The predicted molar refractivity (Wildman–Crippen MR) is 116 cm³/mol. The number of amides is 2. The fourth-order valence-electron chi connectivity index (χ4n) is 4.00. The van der Waals surface area contributed by atoms with E-state index in [0.29, 0.717) is 5.11 Å². The van der Waals surface area contributed by atoms with Gasteiger partial charge < -0.3 is 10.1 Å². The van der Waals surface area contributed by atoms with Crippen molar-refractivity contribution in [2.75, 3.05) is 14.1 Å². The normalized spacial score (nSPS) is 25.4. The minimum atomic E-state index is -0.899. The molecule has 4 rings (SSSR count). The number of Topliss-reactive ketones (excluding diaryl/α,β-unsaturated/α-hetero) is 1. The zero-order chi connectivity index (χ0) is 21.2. The van der Waals surface area contributed by atoms with E-state index >= 15 is 0 Å². The van der Waals surface area contributed by atoms with Crippen LogP contribution in [0.25, 0.3) is 0 Å². The molecule has 0 aromatic heterocycles. The minimum Gasteiger partial charge on any atom is -0.332 e. The van der Waals surface area contributed by atoms with Gasteiger partial charge in [-0.1, -0.05) is 60.7 Å². The van der Waals surface area contributed by atoms with Crippen molar-refractivity contribution < 1.29 is 9.59 Å². The van der Waals surface area contributed by atoms with Gasteiger partial charge in [-0.05, 0) is 31.6 Å². The van der Waals surface area contributed by atoms with Gasteiger partial charge in [-0.25, -0.2) is 10.2 Å². The first kappa shape index (κ1) is 20.8. The summed E-state index contributed by atoms with van der Waals surface area (Å²) in [6, 6.07) is 19.7. The van der Waals surface area contributed by atoms with Crippen LogP contribution in [0.4, 0.5) is 4.79 Å². The Morgan fingerprint density at radius 3 is 1.76 bits per heavy atom. The molecule has 152 valence electrons. The maximum Gasteiger partial charge on any atom is 0.323 e. The number of nitrogens with zero attached hydrogens (tertiary/aromatic N) is 2. The molecule has 2 fully saturated rings. The molecule has 2 aliphatic heterocycles. The minimum absolute atomic E-state index is 0.112. The number of nitrogens with one attached hydrogen (secondary N) is 3. The lowest BCUT2D eigenvalue weighted by atomic mass is 9.80. The van der Waals surface area contributed by atoms with E-state index in [-0.39, 0.29) is 11.8 Å². The Hall–Kier alpha value is -2.97. The number of carbonyl (C=O) groups is 2. The molecule has 2 amide bonds. The molecule has 2 heterocycles. The van der Waals surface area contributed by atoms with E-state index in [1.165, 1.54) is 13.8 Å². The molecule has 2 unspecified atom stereocenters. The Bertz CT molecular complexity index is 919. The van der Waals surface area contributed by atoms with Crippen LogP contribution in [0, 0.1) is 0 Å². The van der Waals surface area contributed by atoms with E-state index in [9.17, 15) is 9.59 Å². The molecule has 2 saturated heterocycles. The van der Waals surface area contributed by atoms with Crippen molar-refractivity contribution in [3.63, 3.8) is 0 Å². The van der Waals surface area contributed by atoms with Gasteiger partial charge in [0.2, 0.25) is 0 Å². The molecule has 7 nitrogen and oxygen atoms in total. The molecule has 0 saturated carbocycles. The molecule has 0 bridgehead atoms. The van der Waals surface area contributed by atoms with Crippen molar-refractivity contribution in [3.8, 4) is 0 Å².